The summed E-state index contributed by atoms with van der Waals surface area (Å²) in [6.07, 6.45) is 6.30. The summed E-state index contributed by atoms with van der Waals surface area (Å²) in [6.45, 7) is 0. The minimum Gasteiger partial charge on any atom is -0.319 e. The van der Waals surface area contributed by atoms with Crippen molar-refractivity contribution in [2.75, 3.05) is 0 Å². The number of carbonyl (C=O) groups is 1. The van der Waals surface area contributed by atoms with Gasteiger partial charge in [0.2, 0.25) is 0 Å². The van der Waals surface area contributed by atoms with Crippen molar-refractivity contribution in [1.29, 1.82) is 0 Å². The van der Waals surface area contributed by atoms with Crippen molar-refractivity contribution in [3.8, 4) is 0 Å². The molecule has 4 nitrogen and oxygen atoms in total. The summed E-state index contributed by atoms with van der Waals surface area (Å²) >= 11 is 0. The Balaban J connectivity index is 2.14. The maximum atomic E-state index is 11.8. The Hall–Kier alpha value is -2.75. The van der Waals surface area contributed by atoms with Gasteiger partial charge in [-0.2, -0.15) is 0 Å². The van der Waals surface area contributed by atoms with Crippen LogP contribution in [0.15, 0.2) is 60.6 Å². The first-order chi connectivity index (χ1) is 9.29. The van der Waals surface area contributed by atoms with Crippen LogP contribution in [0.5, 0.6) is 0 Å². The molecule has 0 unspecified atom stereocenters. The highest BCUT2D eigenvalue weighted by atomic mass is 16.2. The van der Waals surface area contributed by atoms with E-state index in [4.69, 9.17) is 0 Å². The molecular weight excluding hydrogens is 240 g/mol. The minimum atomic E-state index is -0.368. The number of pyridine rings is 1. The number of carbonyl (C=O) groups excluding carboxylic acids is 2. The van der Waals surface area contributed by atoms with Crippen LogP contribution in [0.3, 0.4) is 0 Å². The van der Waals surface area contributed by atoms with E-state index in [-0.39, 0.29) is 11.6 Å². The molecule has 1 N–H and O–H groups in total. The van der Waals surface area contributed by atoms with Crippen molar-refractivity contribution < 1.29 is 9.59 Å². The summed E-state index contributed by atoms with van der Waals surface area (Å²) in [5.74, 6) is -0.368. The molecule has 1 aromatic heterocycles. The molecule has 1 radical (unpaired) electrons. The van der Waals surface area contributed by atoms with Crippen molar-refractivity contribution >= 4 is 18.3 Å². The lowest BCUT2D eigenvalue weighted by atomic mass is 10.2. The van der Waals surface area contributed by atoms with Crippen LogP contribution in [0.4, 0.5) is 0 Å². The zero-order valence-corrected chi connectivity index (χ0v) is 10.0. The molecule has 19 heavy (non-hydrogen) atoms. The Kier molecular flexibility index (Phi) is 4.18. The third-order valence-electron chi connectivity index (χ3n) is 2.41. The van der Waals surface area contributed by atoms with Gasteiger partial charge in [-0.1, -0.05) is 30.3 Å². The predicted octanol–water partition coefficient (Wildman–Crippen LogP) is 1.96. The quantitative estimate of drug-likeness (QED) is 0.845. The largest absolute Gasteiger partial charge is 0.319 e. The van der Waals surface area contributed by atoms with E-state index in [9.17, 15) is 9.59 Å². The zero-order chi connectivity index (χ0) is 13.5. The van der Waals surface area contributed by atoms with Crippen molar-refractivity contribution in [2.45, 2.75) is 0 Å². The first kappa shape index (κ1) is 12.7. The third kappa shape index (κ3) is 3.61. The average molecular weight is 251 g/mol. The number of allylic oxidation sites excluding steroid dienone is 1. The Labute approximate surface area is 110 Å². The Morgan fingerprint density at radius 2 is 1.79 bits per heavy atom. The SMILES string of the molecule is O=[C]C(=Cc1ccccc1)NC(=O)c1ccncc1. The second kappa shape index (κ2) is 6.26. The smallest absolute Gasteiger partial charge is 0.255 e. The first-order valence-corrected chi connectivity index (χ1v) is 5.66. The van der Waals surface area contributed by atoms with E-state index in [0.717, 1.165) is 5.56 Å². The topological polar surface area (TPSA) is 59.1 Å². The number of nitrogens with zero attached hydrogens (tertiary/aromatic N) is 1. The van der Waals surface area contributed by atoms with E-state index in [2.05, 4.69) is 10.3 Å². The number of benzene rings is 1. The van der Waals surface area contributed by atoms with Crippen molar-refractivity contribution in [1.82, 2.24) is 10.3 Å². The number of rotatable bonds is 4. The second-order valence-electron chi connectivity index (χ2n) is 3.76. The Morgan fingerprint density at radius 1 is 1.11 bits per heavy atom. The van der Waals surface area contributed by atoms with Crippen LogP contribution in [0.25, 0.3) is 6.08 Å². The molecule has 0 aliphatic carbocycles. The van der Waals surface area contributed by atoms with E-state index in [1.165, 1.54) is 12.4 Å². The maximum absolute atomic E-state index is 11.8. The molecule has 1 aromatic carbocycles. The van der Waals surface area contributed by atoms with Gasteiger partial charge in [0.25, 0.3) is 12.2 Å². The number of hydrogen-bond acceptors (Lipinski definition) is 3. The summed E-state index contributed by atoms with van der Waals surface area (Å²) < 4.78 is 0. The lowest BCUT2D eigenvalue weighted by Crippen LogP contribution is -2.23. The van der Waals surface area contributed by atoms with Gasteiger partial charge in [0.05, 0.1) is 5.70 Å². The van der Waals surface area contributed by atoms with Crippen molar-refractivity contribution in [3.05, 3.63) is 71.7 Å². The number of aromatic nitrogens is 1. The van der Waals surface area contributed by atoms with E-state index >= 15 is 0 Å². The van der Waals surface area contributed by atoms with Crippen LogP contribution < -0.4 is 5.32 Å². The summed E-state index contributed by atoms with van der Waals surface area (Å²) in [6, 6.07) is 12.4. The molecule has 0 atom stereocenters. The molecule has 0 bridgehead atoms. The second-order valence-corrected chi connectivity index (χ2v) is 3.76. The molecular formula is C15H11N2O2. The molecule has 0 saturated carbocycles. The highest BCUT2D eigenvalue weighted by Crippen LogP contribution is 2.04. The molecule has 93 valence electrons. The van der Waals surface area contributed by atoms with E-state index in [1.54, 1.807) is 24.5 Å². The summed E-state index contributed by atoms with van der Waals surface area (Å²) in [4.78, 5) is 26.5. The molecule has 0 aliphatic heterocycles. The molecule has 0 saturated heterocycles. The number of hydrogen-bond donors (Lipinski definition) is 1. The van der Waals surface area contributed by atoms with Crippen LogP contribution in [0, 0.1) is 0 Å². The average Bonchev–Trinajstić information content (AvgIpc) is 2.48. The minimum absolute atomic E-state index is 0.0908. The van der Waals surface area contributed by atoms with Crippen LogP contribution in [0.1, 0.15) is 15.9 Å². The van der Waals surface area contributed by atoms with Gasteiger partial charge < -0.3 is 5.32 Å². The summed E-state index contributed by atoms with van der Waals surface area (Å²) in [5.41, 5.74) is 1.34. The highest BCUT2D eigenvalue weighted by Gasteiger charge is 2.07. The standard InChI is InChI=1S/C15H11N2O2/c18-11-14(10-12-4-2-1-3-5-12)17-15(19)13-6-8-16-9-7-13/h1-10H,(H,17,19). The number of nitrogens with one attached hydrogen (secondary N) is 1. The maximum Gasteiger partial charge on any atom is 0.255 e. The third-order valence-corrected chi connectivity index (χ3v) is 2.41. The van der Waals surface area contributed by atoms with E-state index in [0.29, 0.717) is 5.56 Å². The molecule has 2 rings (SSSR count). The fraction of sp³-hybridized carbons (Fsp3) is 0. The predicted molar refractivity (Wildman–Crippen MR) is 71.8 cm³/mol. The first-order valence-electron chi connectivity index (χ1n) is 5.66. The Bertz CT molecular complexity index is 592. The van der Waals surface area contributed by atoms with Gasteiger partial charge in [-0.25, -0.2) is 0 Å². The van der Waals surface area contributed by atoms with Gasteiger partial charge in [0.15, 0.2) is 0 Å². The van der Waals surface area contributed by atoms with Crippen LogP contribution in [-0.4, -0.2) is 17.2 Å². The molecule has 0 aliphatic rings. The summed E-state index contributed by atoms with van der Waals surface area (Å²) in [5, 5.41) is 2.50. The van der Waals surface area contributed by atoms with Crippen LogP contribution >= 0.6 is 0 Å². The van der Waals surface area contributed by atoms with Crippen molar-refractivity contribution in [3.63, 3.8) is 0 Å². The number of amides is 1. The molecule has 0 spiro atoms. The fourth-order valence-electron chi connectivity index (χ4n) is 1.50. The van der Waals surface area contributed by atoms with Gasteiger partial charge >= 0.3 is 0 Å². The van der Waals surface area contributed by atoms with E-state index in [1.807, 2.05) is 30.3 Å². The fourth-order valence-corrected chi connectivity index (χ4v) is 1.50. The molecule has 0 fully saturated rings. The van der Waals surface area contributed by atoms with E-state index < -0.39 is 0 Å². The van der Waals surface area contributed by atoms with Gasteiger partial charge in [-0.15, -0.1) is 0 Å². The lowest BCUT2D eigenvalue weighted by molar-refractivity contribution is 0.0968. The Morgan fingerprint density at radius 3 is 2.42 bits per heavy atom. The lowest BCUT2D eigenvalue weighted by Gasteiger charge is -2.03. The monoisotopic (exact) mass is 251 g/mol. The normalized spacial score (nSPS) is 10.8. The van der Waals surface area contributed by atoms with Crippen LogP contribution in [-0.2, 0) is 4.79 Å². The molecule has 4 heteroatoms. The molecule has 1 amide bonds. The van der Waals surface area contributed by atoms with Crippen LogP contribution in [0.2, 0.25) is 0 Å². The van der Waals surface area contributed by atoms with Gasteiger partial charge in [-0.3, -0.25) is 14.6 Å². The van der Waals surface area contributed by atoms with Gasteiger partial charge in [0, 0.05) is 18.0 Å². The molecule has 2 aromatic rings. The van der Waals surface area contributed by atoms with Gasteiger partial charge in [0.1, 0.15) is 0 Å². The van der Waals surface area contributed by atoms with Crippen molar-refractivity contribution in [2.24, 2.45) is 0 Å². The zero-order valence-electron chi connectivity index (χ0n) is 10.0. The highest BCUT2D eigenvalue weighted by molar-refractivity contribution is 5.99. The summed E-state index contributed by atoms with van der Waals surface area (Å²) in [7, 11) is 0. The van der Waals surface area contributed by atoms with Gasteiger partial charge in [-0.05, 0) is 23.8 Å². The molecule has 1 heterocycles.